The summed E-state index contributed by atoms with van der Waals surface area (Å²) >= 11 is 0. The lowest BCUT2D eigenvalue weighted by atomic mass is 9.80. The van der Waals surface area contributed by atoms with Crippen LogP contribution in [0.2, 0.25) is 0 Å². The Kier molecular flexibility index (Phi) is 10.5. The van der Waals surface area contributed by atoms with Crippen molar-refractivity contribution < 1.29 is 8.85 Å². The molecule has 0 saturated carbocycles. The lowest BCUT2D eigenvalue weighted by Crippen LogP contribution is -2.25. The van der Waals surface area contributed by atoms with E-state index in [0.717, 1.165) is 50.0 Å². The van der Waals surface area contributed by atoms with E-state index < -0.39 is 6.85 Å². The summed E-state index contributed by atoms with van der Waals surface area (Å²) in [4.78, 5) is 9.91. The topological polar surface area (TPSA) is 33.5 Å². The van der Waals surface area contributed by atoms with Crippen LogP contribution in [-0.4, -0.2) is 16.2 Å². The van der Waals surface area contributed by atoms with Gasteiger partial charge in [-0.1, -0.05) is 168 Å². The van der Waals surface area contributed by atoms with Crippen molar-refractivity contribution in [3.63, 3.8) is 0 Å². The number of hydrogen-bond donors (Lipinski definition) is 0. The molecule has 9 aromatic rings. The van der Waals surface area contributed by atoms with E-state index in [4.69, 9.17) is 13.8 Å². The van der Waals surface area contributed by atoms with Crippen molar-refractivity contribution in [3.8, 4) is 39.6 Å². The van der Waals surface area contributed by atoms with Gasteiger partial charge in [-0.25, -0.2) is 4.98 Å². The van der Waals surface area contributed by atoms with Gasteiger partial charge in [0.15, 0.2) is 0 Å². The van der Waals surface area contributed by atoms with Crippen molar-refractivity contribution in [1.29, 1.82) is 0 Å². The Balaban J connectivity index is 1.07. The molecule has 1 aliphatic heterocycles. The van der Waals surface area contributed by atoms with Crippen LogP contribution >= 0.6 is 0 Å². The van der Waals surface area contributed by atoms with Crippen molar-refractivity contribution in [2.75, 3.05) is 16.5 Å². The Bertz CT molecular complexity index is 3510. The number of aryl methyl sites for hydroxylation is 1. The summed E-state index contributed by atoms with van der Waals surface area (Å²) in [6.07, 6.45) is 1.73. The third kappa shape index (κ3) is 8.87. The monoisotopic (exact) mass is 924 g/mol. The molecule has 0 bridgehead atoms. The fraction of sp³-hybridized carbons (Fsp3) is 0.277. The zero-order valence-corrected chi connectivity index (χ0v) is 43.0. The van der Waals surface area contributed by atoms with E-state index in [2.05, 4.69) is 225 Å². The molecule has 0 radical (unpaired) electrons. The average molecular weight is 924 g/mol. The summed E-state index contributed by atoms with van der Waals surface area (Å²) < 4.78 is 35.3. The van der Waals surface area contributed by atoms with Gasteiger partial charge in [0.05, 0.1) is 22.4 Å². The quantitative estimate of drug-likeness (QED) is 0.159. The first-order valence-electron chi connectivity index (χ1n) is 26.2. The molecule has 0 fully saturated rings. The van der Waals surface area contributed by atoms with Gasteiger partial charge in [-0.15, -0.1) is 0 Å². The molecule has 5 nitrogen and oxygen atoms in total. The van der Waals surface area contributed by atoms with Gasteiger partial charge in [0.1, 0.15) is 24.0 Å². The van der Waals surface area contributed by atoms with Crippen LogP contribution in [0.15, 0.2) is 164 Å². The highest BCUT2D eigenvalue weighted by atomic mass is 16.5. The van der Waals surface area contributed by atoms with Crippen molar-refractivity contribution in [1.82, 2.24) is 9.55 Å². The summed E-state index contributed by atoms with van der Waals surface area (Å²) in [6, 6.07) is 55.6. The Morgan fingerprint density at radius 3 is 1.71 bits per heavy atom. The van der Waals surface area contributed by atoms with Gasteiger partial charge in [-0.2, -0.15) is 0 Å². The highest BCUT2D eigenvalue weighted by molar-refractivity contribution is 6.10. The van der Waals surface area contributed by atoms with E-state index in [9.17, 15) is 0 Å². The Labute approximate surface area is 420 Å². The highest BCUT2D eigenvalue weighted by Crippen LogP contribution is 2.48. The molecule has 0 amide bonds. The summed E-state index contributed by atoms with van der Waals surface area (Å²) in [7, 11) is 0. The molecule has 5 heteroatoms. The second kappa shape index (κ2) is 17.1. The van der Waals surface area contributed by atoms with Gasteiger partial charge in [-0.05, 0) is 134 Å². The maximum absolute atomic E-state index is 8.78. The van der Waals surface area contributed by atoms with Gasteiger partial charge in [0.2, 0.25) is 0 Å². The molecule has 0 aliphatic carbocycles. The van der Waals surface area contributed by atoms with E-state index in [0.29, 0.717) is 29.5 Å². The summed E-state index contributed by atoms with van der Waals surface area (Å²) in [5.74, 6) is 1.88. The fourth-order valence-electron chi connectivity index (χ4n) is 9.72. The van der Waals surface area contributed by atoms with Crippen LogP contribution in [0.4, 0.5) is 22.7 Å². The number of aromatic nitrogens is 2. The summed E-state index contributed by atoms with van der Waals surface area (Å²) in [5, 5.41) is 2.06. The smallest absolute Gasteiger partial charge is 0.137 e. The number of fused-ring (bicyclic) bond motifs is 4. The highest BCUT2D eigenvalue weighted by Gasteiger charge is 2.31. The third-order valence-electron chi connectivity index (χ3n) is 14.1. The van der Waals surface area contributed by atoms with E-state index >= 15 is 0 Å². The van der Waals surface area contributed by atoms with Crippen molar-refractivity contribution in [3.05, 3.63) is 192 Å². The number of nitrogens with zero attached hydrogens (tertiary/aromatic N) is 4. The minimum absolute atomic E-state index is 0.0327. The first-order valence-corrected chi connectivity index (χ1v) is 24.7. The largest absolute Gasteiger partial charge is 0.457 e. The second-order valence-electron chi connectivity index (χ2n) is 23.3. The zero-order chi connectivity index (χ0) is 52.0. The molecule has 0 spiro atoms. The Hall–Kier alpha value is -7.11. The fourth-order valence-corrected chi connectivity index (χ4v) is 9.72. The predicted molar refractivity (Wildman–Crippen MR) is 298 cm³/mol. The molecule has 2 aromatic heterocycles. The first kappa shape index (κ1) is 43.0. The minimum Gasteiger partial charge on any atom is -0.457 e. The standard InChI is InChI=1S/C65H68N4O/c1-42-32-61(66-40-56(42)44-22-25-46(26-23-44)62(2,3)4)69-58-37-47(63(5,6)7)27-29-54(58)55-30-28-53(39-59(55)69)70-52-21-17-20-50(38-52)67-41-68(51-35-48(64(8,9)10)34-49(36-51)65(11,12)13)57-31-24-45(33-60(57)67)43-18-15-14-16-19-43/h14-40H,41H2,1-13H3/i1D3. The molecule has 3 heterocycles. The summed E-state index contributed by atoms with van der Waals surface area (Å²) in [5.41, 5.74) is 15.0. The van der Waals surface area contributed by atoms with Gasteiger partial charge < -0.3 is 14.5 Å². The van der Waals surface area contributed by atoms with Crippen LogP contribution in [-0.2, 0) is 21.7 Å². The SMILES string of the molecule is [2H]C([2H])([2H])c1cc(-n2c3cc(Oc4cccc(N5CN(c6cc(C(C)(C)C)cc(C(C)(C)C)c6)c6ccc(-c7ccccc7)cc65)c4)ccc3c3ccc(C(C)(C)C)cc32)ncc1-c1ccc(C(C)(C)C)cc1. The van der Waals surface area contributed by atoms with Crippen LogP contribution in [0.1, 0.15) is 115 Å². The molecule has 354 valence electrons. The molecule has 0 unspecified atom stereocenters. The molecule has 1 aliphatic rings. The average Bonchev–Trinajstić information content (AvgIpc) is 3.88. The van der Waals surface area contributed by atoms with E-state index in [1.54, 1.807) is 12.3 Å². The number of anilines is 4. The molecular weight excluding hydrogens is 853 g/mol. The van der Waals surface area contributed by atoms with Crippen LogP contribution in [0, 0.1) is 6.85 Å². The molecule has 0 N–H and O–H groups in total. The third-order valence-corrected chi connectivity index (χ3v) is 14.1. The molecule has 0 atom stereocenters. The summed E-state index contributed by atoms with van der Waals surface area (Å²) in [6.45, 7) is 25.1. The Morgan fingerprint density at radius 2 is 1.06 bits per heavy atom. The zero-order valence-electron chi connectivity index (χ0n) is 46.0. The Morgan fingerprint density at radius 1 is 0.457 bits per heavy atom. The van der Waals surface area contributed by atoms with Gasteiger partial charge in [-0.3, -0.25) is 4.57 Å². The van der Waals surface area contributed by atoms with E-state index in [-0.39, 0.29) is 27.2 Å². The molecule has 7 aromatic carbocycles. The predicted octanol–water partition coefficient (Wildman–Crippen LogP) is 18.1. The van der Waals surface area contributed by atoms with Crippen LogP contribution in [0.3, 0.4) is 0 Å². The van der Waals surface area contributed by atoms with E-state index in [1.165, 1.54) is 33.5 Å². The molecule has 10 rings (SSSR count). The molecule has 0 saturated heterocycles. The number of pyridine rings is 1. The van der Waals surface area contributed by atoms with E-state index in [1.807, 2.05) is 24.3 Å². The van der Waals surface area contributed by atoms with Crippen molar-refractivity contribution in [2.45, 2.75) is 112 Å². The van der Waals surface area contributed by atoms with Gasteiger partial charge in [0, 0.05) is 50.2 Å². The second-order valence-corrected chi connectivity index (χ2v) is 23.3. The number of ether oxygens (including phenoxy) is 1. The number of hydrogen-bond acceptors (Lipinski definition) is 4. The number of benzene rings is 7. The lowest BCUT2D eigenvalue weighted by Gasteiger charge is -2.29. The normalized spacial score (nSPS) is 14.2. The van der Waals surface area contributed by atoms with Gasteiger partial charge in [0.25, 0.3) is 0 Å². The van der Waals surface area contributed by atoms with Crippen LogP contribution < -0.4 is 14.5 Å². The van der Waals surface area contributed by atoms with Crippen molar-refractivity contribution in [2.24, 2.45) is 0 Å². The lowest BCUT2D eigenvalue weighted by molar-refractivity contribution is 0.483. The van der Waals surface area contributed by atoms with Crippen molar-refractivity contribution >= 4 is 44.6 Å². The number of rotatable bonds is 7. The van der Waals surface area contributed by atoms with Crippen LogP contribution in [0.25, 0.3) is 49.9 Å². The minimum atomic E-state index is -2.40. The molecule has 70 heavy (non-hydrogen) atoms. The maximum atomic E-state index is 8.78. The molecular formula is C65H68N4O. The van der Waals surface area contributed by atoms with Gasteiger partial charge >= 0.3 is 0 Å². The first-order chi connectivity index (χ1) is 34.3. The maximum Gasteiger partial charge on any atom is 0.137 e. The van der Waals surface area contributed by atoms with Crippen LogP contribution in [0.5, 0.6) is 11.5 Å².